The first kappa shape index (κ1) is 11.6. The van der Waals surface area contributed by atoms with Gasteiger partial charge in [-0.25, -0.2) is 9.78 Å². The summed E-state index contributed by atoms with van der Waals surface area (Å²) in [5.41, 5.74) is 7.59. The van der Waals surface area contributed by atoms with Crippen LogP contribution in [0.1, 0.15) is 22.8 Å². The fraction of sp³-hybridized carbons (Fsp3) is 0.167. The molecule has 0 bridgehead atoms. The van der Waals surface area contributed by atoms with Crippen LogP contribution in [0.4, 0.5) is 5.82 Å². The molecule has 0 aliphatic rings. The van der Waals surface area contributed by atoms with Gasteiger partial charge in [0, 0.05) is 16.6 Å². The fourth-order valence-electron chi connectivity index (χ4n) is 1.49. The number of aryl methyl sites for hydroxylation is 1. The molecule has 5 heteroatoms. The van der Waals surface area contributed by atoms with Crippen molar-refractivity contribution in [3.8, 4) is 10.4 Å². The van der Waals surface area contributed by atoms with Crippen LogP contribution in [0.3, 0.4) is 0 Å². The molecule has 0 amide bonds. The van der Waals surface area contributed by atoms with Gasteiger partial charge in [-0.05, 0) is 29.5 Å². The number of aromatic carboxylic acids is 1. The number of nitrogens with zero attached hydrogens (tertiary/aromatic N) is 1. The number of carboxylic acid groups (broad SMARTS) is 1. The zero-order valence-corrected chi connectivity index (χ0v) is 10.1. The molecule has 0 aliphatic carbocycles. The van der Waals surface area contributed by atoms with Crippen molar-refractivity contribution < 1.29 is 9.90 Å². The van der Waals surface area contributed by atoms with Gasteiger partial charge in [0.15, 0.2) is 0 Å². The Morgan fingerprint density at radius 2 is 2.29 bits per heavy atom. The van der Waals surface area contributed by atoms with Crippen LogP contribution < -0.4 is 5.73 Å². The first-order valence-corrected chi connectivity index (χ1v) is 6.06. The number of thiophene rings is 1. The van der Waals surface area contributed by atoms with E-state index in [1.165, 1.54) is 5.56 Å². The van der Waals surface area contributed by atoms with E-state index in [0.717, 1.165) is 16.9 Å². The smallest absolute Gasteiger partial charge is 0.339 e. The lowest BCUT2D eigenvalue weighted by Crippen LogP contribution is -2.04. The van der Waals surface area contributed by atoms with Crippen molar-refractivity contribution in [2.24, 2.45) is 0 Å². The van der Waals surface area contributed by atoms with Crippen molar-refractivity contribution >= 4 is 23.1 Å². The third kappa shape index (κ3) is 2.29. The fourth-order valence-corrected chi connectivity index (χ4v) is 2.47. The molecule has 0 saturated carbocycles. The van der Waals surface area contributed by atoms with E-state index < -0.39 is 5.97 Å². The van der Waals surface area contributed by atoms with Gasteiger partial charge in [0.25, 0.3) is 0 Å². The molecule has 4 nitrogen and oxygen atoms in total. The van der Waals surface area contributed by atoms with E-state index in [1.807, 2.05) is 6.07 Å². The number of anilines is 1. The first-order valence-electron chi connectivity index (χ1n) is 5.18. The molecular weight excluding hydrogens is 236 g/mol. The molecule has 2 rings (SSSR count). The molecule has 0 fully saturated rings. The first-order chi connectivity index (χ1) is 8.11. The molecule has 0 unspecified atom stereocenters. The number of nitrogen functional groups attached to an aromatic ring is 1. The minimum Gasteiger partial charge on any atom is -0.478 e. The molecule has 0 saturated heterocycles. The summed E-state index contributed by atoms with van der Waals surface area (Å²) < 4.78 is 0. The zero-order chi connectivity index (χ0) is 12.4. The molecule has 0 spiro atoms. The number of hydrogen-bond donors (Lipinski definition) is 2. The molecule has 88 valence electrons. The minimum absolute atomic E-state index is 0.0496. The summed E-state index contributed by atoms with van der Waals surface area (Å²) in [5, 5.41) is 11.0. The van der Waals surface area contributed by atoms with E-state index in [1.54, 1.807) is 23.6 Å². The molecule has 0 aliphatic heterocycles. The van der Waals surface area contributed by atoms with Gasteiger partial charge < -0.3 is 10.8 Å². The van der Waals surface area contributed by atoms with Crippen LogP contribution >= 0.6 is 11.3 Å². The Balaban J connectivity index is 2.46. The Labute approximate surface area is 103 Å². The summed E-state index contributed by atoms with van der Waals surface area (Å²) in [6.45, 7) is 2.08. The van der Waals surface area contributed by atoms with E-state index in [-0.39, 0.29) is 11.4 Å². The lowest BCUT2D eigenvalue weighted by atomic mass is 10.1. The maximum Gasteiger partial charge on any atom is 0.339 e. The van der Waals surface area contributed by atoms with Gasteiger partial charge in [-0.15, -0.1) is 11.3 Å². The molecule has 2 aromatic heterocycles. The molecule has 17 heavy (non-hydrogen) atoms. The van der Waals surface area contributed by atoms with Crippen molar-refractivity contribution in [2.75, 3.05) is 5.73 Å². The normalized spacial score (nSPS) is 10.4. The van der Waals surface area contributed by atoms with Crippen LogP contribution in [-0.4, -0.2) is 16.1 Å². The number of nitrogens with two attached hydrogens (primary N) is 1. The van der Waals surface area contributed by atoms with E-state index in [0.29, 0.717) is 0 Å². The SMILES string of the molecule is CCc1csc(-c2cnc(N)c(C(=O)O)c2)c1. The van der Waals surface area contributed by atoms with Crippen LogP contribution in [0.5, 0.6) is 0 Å². The summed E-state index contributed by atoms with van der Waals surface area (Å²) in [5.74, 6) is -1.00. The highest BCUT2D eigenvalue weighted by Crippen LogP contribution is 2.28. The van der Waals surface area contributed by atoms with Gasteiger partial charge in [0.2, 0.25) is 0 Å². The summed E-state index contributed by atoms with van der Waals surface area (Å²) in [6, 6.07) is 3.61. The highest BCUT2D eigenvalue weighted by atomic mass is 32.1. The lowest BCUT2D eigenvalue weighted by molar-refractivity contribution is 0.0698. The summed E-state index contributed by atoms with van der Waals surface area (Å²) in [6.07, 6.45) is 2.57. The minimum atomic E-state index is -1.05. The summed E-state index contributed by atoms with van der Waals surface area (Å²) >= 11 is 1.58. The second kappa shape index (κ2) is 4.55. The standard InChI is InChI=1S/C12H12N2O2S/c1-2-7-3-10(17-6-7)8-4-9(12(15)16)11(13)14-5-8/h3-6H,2H2,1H3,(H2,13,14)(H,15,16). The number of carboxylic acids is 1. The van der Waals surface area contributed by atoms with E-state index in [2.05, 4.69) is 17.3 Å². The van der Waals surface area contributed by atoms with Crippen molar-refractivity contribution in [3.05, 3.63) is 34.8 Å². The van der Waals surface area contributed by atoms with Crippen LogP contribution in [0, 0.1) is 0 Å². The van der Waals surface area contributed by atoms with Gasteiger partial charge in [-0.1, -0.05) is 6.92 Å². The zero-order valence-electron chi connectivity index (χ0n) is 9.30. The maximum atomic E-state index is 11.0. The van der Waals surface area contributed by atoms with Crippen molar-refractivity contribution in [3.63, 3.8) is 0 Å². The van der Waals surface area contributed by atoms with Crippen LogP contribution in [0.2, 0.25) is 0 Å². The average molecular weight is 248 g/mol. The number of carbonyl (C=O) groups is 1. The van der Waals surface area contributed by atoms with Gasteiger partial charge in [-0.3, -0.25) is 0 Å². The van der Waals surface area contributed by atoms with Crippen LogP contribution in [-0.2, 0) is 6.42 Å². The summed E-state index contributed by atoms with van der Waals surface area (Å²) in [4.78, 5) is 15.9. The predicted octanol–water partition coefficient (Wildman–Crippen LogP) is 2.65. The van der Waals surface area contributed by atoms with Crippen LogP contribution in [0.15, 0.2) is 23.7 Å². The molecule has 0 radical (unpaired) electrons. The van der Waals surface area contributed by atoms with Gasteiger partial charge in [-0.2, -0.15) is 0 Å². The maximum absolute atomic E-state index is 11.0. The highest BCUT2D eigenvalue weighted by Gasteiger charge is 2.11. The average Bonchev–Trinajstić information content (AvgIpc) is 2.78. The predicted molar refractivity (Wildman–Crippen MR) is 68.3 cm³/mol. The van der Waals surface area contributed by atoms with Crippen molar-refractivity contribution in [2.45, 2.75) is 13.3 Å². The number of pyridine rings is 1. The van der Waals surface area contributed by atoms with E-state index in [9.17, 15) is 4.79 Å². The molecular formula is C12H12N2O2S. The van der Waals surface area contributed by atoms with E-state index in [4.69, 9.17) is 10.8 Å². The molecule has 0 atom stereocenters. The second-order valence-electron chi connectivity index (χ2n) is 3.63. The number of rotatable bonds is 3. The quantitative estimate of drug-likeness (QED) is 0.875. The Bertz CT molecular complexity index is 563. The third-order valence-corrected chi connectivity index (χ3v) is 3.52. The number of hydrogen-bond acceptors (Lipinski definition) is 4. The Morgan fingerprint density at radius 3 is 2.88 bits per heavy atom. The van der Waals surface area contributed by atoms with Gasteiger partial charge in [0.1, 0.15) is 11.4 Å². The van der Waals surface area contributed by atoms with Crippen molar-refractivity contribution in [1.29, 1.82) is 0 Å². The lowest BCUT2D eigenvalue weighted by Gasteiger charge is -2.02. The molecule has 3 N–H and O–H groups in total. The van der Waals surface area contributed by atoms with E-state index >= 15 is 0 Å². The van der Waals surface area contributed by atoms with Gasteiger partial charge >= 0.3 is 5.97 Å². The Morgan fingerprint density at radius 1 is 1.53 bits per heavy atom. The monoisotopic (exact) mass is 248 g/mol. The third-order valence-electron chi connectivity index (χ3n) is 2.50. The van der Waals surface area contributed by atoms with Crippen molar-refractivity contribution in [1.82, 2.24) is 4.98 Å². The molecule has 0 aromatic carbocycles. The number of aromatic nitrogens is 1. The Kier molecular flexibility index (Phi) is 3.10. The Hall–Kier alpha value is -1.88. The topological polar surface area (TPSA) is 76.2 Å². The van der Waals surface area contributed by atoms with Gasteiger partial charge in [0.05, 0.1) is 0 Å². The second-order valence-corrected chi connectivity index (χ2v) is 4.55. The summed E-state index contributed by atoms with van der Waals surface area (Å²) in [7, 11) is 0. The molecule has 2 heterocycles. The largest absolute Gasteiger partial charge is 0.478 e. The highest BCUT2D eigenvalue weighted by molar-refractivity contribution is 7.13. The van der Waals surface area contributed by atoms with Crippen LogP contribution in [0.25, 0.3) is 10.4 Å². The molecule has 2 aromatic rings.